The minimum absolute atomic E-state index is 0.106. The van der Waals surface area contributed by atoms with Crippen LogP contribution in [0.1, 0.15) is 33.1 Å². The van der Waals surface area contributed by atoms with Crippen LogP contribution in [-0.2, 0) is 4.79 Å². The Morgan fingerprint density at radius 2 is 2.11 bits per heavy atom. The van der Waals surface area contributed by atoms with Crippen LogP contribution in [-0.4, -0.2) is 18.6 Å². The summed E-state index contributed by atoms with van der Waals surface area (Å²) in [5.74, 6) is 0.432. The second kappa shape index (κ2) is 7.98. The minimum atomic E-state index is -0.536. The number of halogens is 1. The standard InChI is InChI=1S/C14H20ClNO2/c1-3-4-7-10-16-14(17)11(2)18-13-9-6-5-8-12(13)15/h5-6,8-9,11H,3-4,7,10H2,1-2H3,(H,16,17)/t11-/m1/s1. The van der Waals surface area contributed by atoms with Gasteiger partial charge < -0.3 is 10.1 Å². The number of carbonyl (C=O) groups is 1. The van der Waals surface area contributed by atoms with Gasteiger partial charge in [0.25, 0.3) is 5.91 Å². The number of para-hydroxylation sites is 1. The van der Waals surface area contributed by atoms with Crippen LogP contribution in [0, 0.1) is 0 Å². The smallest absolute Gasteiger partial charge is 0.260 e. The second-order valence-corrected chi connectivity index (χ2v) is 4.60. The van der Waals surface area contributed by atoms with Gasteiger partial charge in [0, 0.05) is 6.54 Å². The summed E-state index contributed by atoms with van der Waals surface area (Å²) in [6.07, 6.45) is 2.73. The molecule has 4 heteroatoms. The second-order valence-electron chi connectivity index (χ2n) is 4.19. The van der Waals surface area contributed by atoms with Crippen molar-refractivity contribution in [1.82, 2.24) is 5.32 Å². The van der Waals surface area contributed by atoms with E-state index in [0.717, 1.165) is 19.3 Å². The van der Waals surface area contributed by atoms with Crippen LogP contribution >= 0.6 is 11.6 Å². The number of hydrogen-bond donors (Lipinski definition) is 1. The number of rotatable bonds is 7. The lowest BCUT2D eigenvalue weighted by molar-refractivity contribution is -0.127. The van der Waals surface area contributed by atoms with Gasteiger partial charge >= 0.3 is 0 Å². The number of amides is 1. The first kappa shape index (κ1) is 14.8. The van der Waals surface area contributed by atoms with Crippen LogP contribution in [0.15, 0.2) is 24.3 Å². The van der Waals surface area contributed by atoms with Crippen LogP contribution in [0.5, 0.6) is 5.75 Å². The van der Waals surface area contributed by atoms with Gasteiger partial charge in [-0.05, 0) is 25.5 Å². The minimum Gasteiger partial charge on any atom is -0.479 e. The van der Waals surface area contributed by atoms with Crippen molar-refractivity contribution in [3.8, 4) is 5.75 Å². The number of ether oxygens (including phenoxy) is 1. The Kier molecular flexibility index (Phi) is 6.58. The van der Waals surface area contributed by atoms with Crippen molar-refractivity contribution in [3.63, 3.8) is 0 Å². The Labute approximate surface area is 113 Å². The van der Waals surface area contributed by atoms with E-state index in [-0.39, 0.29) is 5.91 Å². The summed E-state index contributed by atoms with van der Waals surface area (Å²) in [7, 11) is 0. The first-order valence-electron chi connectivity index (χ1n) is 6.34. The average molecular weight is 270 g/mol. The van der Waals surface area contributed by atoms with E-state index in [1.807, 2.05) is 12.1 Å². The van der Waals surface area contributed by atoms with E-state index >= 15 is 0 Å². The molecule has 100 valence electrons. The van der Waals surface area contributed by atoms with Gasteiger partial charge in [-0.3, -0.25) is 4.79 Å². The van der Waals surface area contributed by atoms with Crippen molar-refractivity contribution in [2.75, 3.05) is 6.54 Å². The Morgan fingerprint density at radius 1 is 1.39 bits per heavy atom. The van der Waals surface area contributed by atoms with Gasteiger partial charge in [0.05, 0.1) is 5.02 Å². The predicted molar refractivity (Wildman–Crippen MR) is 74.1 cm³/mol. The fourth-order valence-electron chi connectivity index (χ4n) is 1.51. The molecule has 0 aliphatic rings. The molecule has 1 aromatic carbocycles. The maximum Gasteiger partial charge on any atom is 0.260 e. The lowest BCUT2D eigenvalue weighted by atomic mass is 10.2. The third-order valence-electron chi connectivity index (χ3n) is 2.59. The lowest BCUT2D eigenvalue weighted by Gasteiger charge is -2.15. The van der Waals surface area contributed by atoms with Crippen molar-refractivity contribution in [1.29, 1.82) is 0 Å². The van der Waals surface area contributed by atoms with Gasteiger partial charge in [0.15, 0.2) is 6.10 Å². The summed E-state index contributed by atoms with van der Waals surface area (Å²) >= 11 is 5.96. The quantitative estimate of drug-likeness (QED) is 0.771. The maximum absolute atomic E-state index is 11.7. The molecule has 0 unspecified atom stereocenters. The molecule has 0 fully saturated rings. The molecule has 0 aliphatic carbocycles. The van der Waals surface area contributed by atoms with Crippen molar-refractivity contribution < 1.29 is 9.53 Å². The van der Waals surface area contributed by atoms with Gasteiger partial charge in [0.1, 0.15) is 5.75 Å². The third-order valence-corrected chi connectivity index (χ3v) is 2.90. The molecule has 1 rings (SSSR count). The summed E-state index contributed by atoms with van der Waals surface area (Å²) in [6, 6.07) is 7.14. The molecule has 0 bridgehead atoms. The first-order chi connectivity index (χ1) is 8.65. The fraction of sp³-hybridized carbons (Fsp3) is 0.500. The van der Waals surface area contributed by atoms with E-state index in [1.54, 1.807) is 19.1 Å². The van der Waals surface area contributed by atoms with E-state index in [0.29, 0.717) is 17.3 Å². The normalized spacial score (nSPS) is 11.9. The van der Waals surface area contributed by atoms with Crippen molar-refractivity contribution >= 4 is 17.5 Å². The van der Waals surface area contributed by atoms with E-state index in [9.17, 15) is 4.79 Å². The zero-order chi connectivity index (χ0) is 13.4. The largest absolute Gasteiger partial charge is 0.479 e. The Hall–Kier alpha value is -1.22. The molecule has 0 aromatic heterocycles. The van der Waals surface area contributed by atoms with Gasteiger partial charge in [0.2, 0.25) is 0 Å². The Balaban J connectivity index is 2.38. The number of nitrogens with one attached hydrogen (secondary N) is 1. The number of hydrogen-bond acceptors (Lipinski definition) is 2. The molecule has 0 radical (unpaired) electrons. The topological polar surface area (TPSA) is 38.3 Å². The molecule has 0 saturated heterocycles. The van der Waals surface area contributed by atoms with E-state index in [4.69, 9.17) is 16.3 Å². The molecule has 0 heterocycles. The molecule has 0 aliphatic heterocycles. The molecular formula is C14H20ClNO2. The highest BCUT2D eigenvalue weighted by Gasteiger charge is 2.14. The molecule has 1 N–H and O–H groups in total. The maximum atomic E-state index is 11.7. The van der Waals surface area contributed by atoms with Crippen LogP contribution in [0.25, 0.3) is 0 Å². The van der Waals surface area contributed by atoms with Crippen molar-refractivity contribution in [3.05, 3.63) is 29.3 Å². The molecule has 1 atom stereocenters. The lowest BCUT2D eigenvalue weighted by Crippen LogP contribution is -2.36. The average Bonchev–Trinajstić information content (AvgIpc) is 2.37. The highest BCUT2D eigenvalue weighted by atomic mass is 35.5. The Bertz CT molecular complexity index is 382. The monoisotopic (exact) mass is 269 g/mol. The molecule has 1 amide bonds. The predicted octanol–water partition coefficient (Wildman–Crippen LogP) is 3.41. The molecule has 3 nitrogen and oxygen atoms in total. The van der Waals surface area contributed by atoms with E-state index in [2.05, 4.69) is 12.2 Å². The zero-order valence-electron chi connectivity index (χ0n) is 10.9. The van der Waals surface area contributed by atoms with Crippen LogP contribution in [0.4, 0.5) is 0 Å². The number of carbonyl (C=O) groups excluding carboxylic acids is 1. The van der Waals surface area contributed by atoms with E-state index in [1.165, 1.54) is 0 Å². The first-order valence-corrected chi connectivity index (χ1v) is 6.71. The Morgan fingerprint density at radius 3 is 2.78 bits per heavy atom. The summed E-state index contributed by atoms with van der Waals surface area (Å²) in [5, 5.41) is 3.37. The summed E-state index contributed by atoms with van der Waals surface area (Å²) in [6.45, 7) is 4.55. The summed E-state index contributed by atoms with van der Waals surface area (Å²) in [5.41, 5.74) is 0. The van der Waals surface area contributed by atoms with Gasteiger partial charge in [-0.2, -0.15) is 0 Å². The van der Waals surface area contributed by atoms with Crippen molar-refractivity contribution in [2.45, 2.75) is 39.2 Å². The summed E-state index contributed by atoms with van der Waals surface area (Å²) in [4.78, 5) is 11.7. The molecule has 0 saturated carbocycles. The molecular weight excluding hydrogens is 250 g/mol. The highest BCUT2D eigenvalue weighted by molar-refractivity contribution is 6.32. The van der Waals surface area contributed by atoms with Crippen LogP contribution in [0.2, 0.25) is 5.02 Å². The fourth-order valence-corrected chi connectivity index (χ4v) is 1.69. The SMILES string of the molecule is CCCCCNC(=O)[C@@H](C)Oc1ccccc1Cl. The third kappa shape index (κ3) is 4.96. The van der Waals surface area contributed by atoms with E-state index < -0.39 is 6.10 Å². The van der Waals surface area contributed by atoms with Gasteiger partial charge in [-0.25, -0.2) is 0 Å². The van der Waals surface area contributed by atoms with Crippen LogP contribution in [0.3, 0.4) is 0 Å². The van der Waals surface area contributed by atoms with Crippen LogP contribution < -0.4 is 10.1 Å². The molecule has 0 spiro atoms. The summed E-state index contributed by atoms with van der Waals surface area (Å²) < 4.78 is 5.52. The molecule has 1 aromatic rings. The number of benzene rings is 1. The molecule has 18 heavy (non-hydrogen) atoms. The number of unbranched alkanes of at least 4 members (excludes halogenated alkanes) is 2. The van der Waals surface area contributed by atoms with Gasteiger partial charge in [-0.15, -0.1) is 0 Å². The zero-order valence-corrected chi connectivity index (χ0v) is 11.7. The highest BCUT2D eigenvalue weighted by Crippen LogP contribution is 2.24. The van der Waals surface area contributed by atoms with Gasteiger partial charge in [-0.1, -0.05) is 43.5 Å². The van der Waals surface area contributed by atoms with Crippen molar-refractivity contribution in [2.24, 2.45) is 0 Å².